The third-order valence-electron chi connectivity index (χ3n) is 12.9. The second-order valence-electron chi connectivity index (χ2n) is 16.1. The average Bonchev–Trinajstić information content (AvgIpc) is 3.79. The molecular formula is C40H44O6. The lowest BCUT2D eigenvalue weighted by atomic mass is 9.60. The minimum Gasteiger partial charge on any atom is -0.349 e. The molecule has 46 heavy (non-hydrogen) atoms. The Kier molecular flexibility index (Phi) is 6.16. The number of ketones is 4. The summed E-state index contributed by atoms with van der Waals surface area (Å²) in [5, 5.41) is 0. The molecule has 4 unspecified atom stereocenters. The number of fused-ring (bicyclic) bond motifs is 2. The monoisotopic (exact) mass is 620 g/mol. The molecule has 2 aromatic carbocycles. The Balaban J connectivity index is 1.38. The highest BCUT2D eigenvalue weighted by Crippen LogP contribution is 2.68. The summed E-state index contributed by atoms with van der Waals surface area (Å²) in [7, 11) is 0. The number of rotatable bonds is 0. The van der Waals surface area contributed by atoms with Crippen LogP contribution < -0.4 is 0 Å². The zero-order valence-corrected chi connectivity index (χ0v) is 28.2. The minimum absolute atomic E-state index is 0.0300. The number of hydrogen-bond donors (Lipinski definition) is 0. The van der Waals surface area contributed by atoms with Gasteiger partial charge in [0.2, 0.25) is 0 Å². The van der Waals surface area contributed by atoms with Crippen molar-refractivity contribution in [2.45, 2.75) is 103 Å². The fraction of sp³-hybridized carbons (Fsp3) is 0.500. The van der Waals surface area contributed by atoms with Gasteiger partial charge in [-0.3, -0.25) is 19.2 Å². The van der Waals surface area contributed by atoms with E-state index in [0.29, 0.717) is 0 Å². The van der Waals surface area contributed by atoms with Crippen LogP contribution >= 0.6 is 0 Å². The van der Waals surface area contributed by atoms with Gasteiger partial charge in [0.15, 0.2) is 0 Å². The fourth-order valence-electron chi connectivity index (χ4n) is 9.18. The SMILES string of the molecule is CC1(C)C(=O)CCC(=O)C(C)(C)C23C=CC(O2)(c2ccccc23)C(C)(C)C(=O)CCC(=O)C(C)(C)C23C=CC1(O2)c1ccccc13. The molecule has 0 amide bonds. The van der Waals surface area contributed by atoms with Crippen LogP contribution in [-0.4, -0.2) is 23.1 Å². The molecule has 0 aromatic heterocycles. The first-order chi connectivity index (χ1) is 21.4. The zero-order chi connectivity index (χ0) is 33.3. The molecule has 1 saturated heterocycles. The topological polar surface area (TPSA) is 86.7 Å². The van der Waals surface area contributed by atoms with E-state index in [9.17, 15) is 19.2 Å². The molecular weight excluding hydrogens is 576 g/mol. The first kappa shape index (κ1) is 31.1. The van der Waals surface area contributed by atoms with Gasteiger partial charge in [0.25, 0.3) is 0 Å². The zero-order valence-electron chi connectivity index (χ0n) is 28.2. The molecule has 5 aliphatic rings. The van der Waals surface area contributed by atoms with E-state index in [4.69, 9.17) is 9.47 Å². The van der Waals surface area contributed by atoms with Crippen LogP contribution in [0.4, 0.5) is 0 Å². The summed E-state index contributed by atoms with van der Waals surface area (Å²) in [6, 6.07) is 15.6. The Hall–Kier alpha value is -3.48. The molecule has 6 heteroatoms. The third kappa shape index (κ3) is 3.30. The summed E-state index contributed by atoms with van der Waals surface area (Å²) in [4.78, 5) is 57.2. The summed E-state index contributed by atoms with van der Waals surface area (Å²) >= 11 is 0. The van der Waals surface area contributed by atoms with Crippen LogP contribution in [0.25, 0.3) is 0 Å². The van der Waals surface area contributed by atoms with Gasteiger partial charge in [-0.1, -0.05) is 48.5 Å². The van der Waals surface area contributed by atoms with Gasteiger partial charge in [0, 0.05) is 25.7 Å². The molecule has 0 N–H and O–H groups in total. The lowest BCUT2D eigenvalue weighted by Crippen LogP contribution is -2.50. The van der Waals surface area contributed by atoms with E-state index in [1.807, 2.05) is 128 Å². The quantitative estimate of drug-likeness (QED) is 0.287. The molecule has 4 atom stereocenters. The van der Waals surface area contributed by atoms with E-state index in [-0.39, 0.29) is 48.8 Å². The van der Waals surface area contributed by atoms with Gasteiger partial charge in [-0.15, -0.1) is 0 Å². The van der Waals surface area contributed by atoms with Crippen molar-refractivity contribution in [3.63, 3.8) is 0 Å². The van der Waals surface area contributed by atoms with Gasteiger partial charge < -0.3 is 9.47 Å². The molecule has 4 bridgehead atoms. The number of carbonyl (C=O) groups excluding carboxylic acids is 4. The lowest BCUT2D eigenvalue weighted by Gasteiger charge is -2.44. The maximum absolute atomic E-state index is 14.3. The van der Waals surface area contributed by atoms with E-state index in [1.54, 1.807) is 0 Å². The highest BCUT2D eigenvalue weighted by atomic mass is 16.5. The van der Waals surface area contributed by atoms with Crippen molar-refractivity contribution >= 4 is 23.1 Å². The number of Topliss-reactive ketones (excluding diaryl/α,β-unsaturated/α-hetero) is 4. The molecule has 0 radical (unpaired) electrons. The summed E-state index contributed by atoms with van der Waals surface area (Å²) in [5.41, 5.74) is -5.20. The maximum atomic E-state index is 14.3. The third-order valence-corrected chi connectivity index (χ3v) is 12.9. The Labute approximate surface area is 271 Å². The molecule has 0 saturated carbocycles. The number of ether oxygens (including phenoxy) is 2. The van der Waals surface area contributed by atoms with Crippen LogP contribution in [0.3, 0.4) is 0 Å². The van der Waals surface area contributed by atoms with Gasteiger partial charge in [0.1, 0.15) is 45.5 Å². The van der Waals surface area contributed by atoms with Crippen LogP contribution in [-0.2, 0) is 51.1 Å². The smallest absolute Gasteiger partial charge is 0.142 e. The van der Waals surface area contributed by atoms with Gasteiger partial charge >= 0.3 is 0 Å². The van der Waals surface area contributed by atoms with E-state index in [1.165, 1.54) is 0 Å². The number of hydrogen-bond acceptors (Lipinski definition) is 6. The summed E-state index contributed by atoms with van der Waals surface area (Å²) < 4.78 is 14.1. The van der Waals surface area contributed by atoms with Crippen molar-refractivity contribution in [1.29, 1.82) is 0 Å². The van der Waals surface area contributed by atoms with Crippen LogP contribution in [0.5, 0.6) is 0 Å². The summed E-state index contributed by atoms with van der Waals surface area (Å²) in [6.45, 7) is 15.0. The highest BCUT2D eigenvalue weighted by Gasteiger charge is 2.70. The van der Waals surface area contributed by atoms with Crippen LogP contribution in [0.2, 0.25) is 0 Å². The molecule has 7 rings (SSSR count). The van der Waals surface area contributed by atoms with Gasteiger partial charge in [-0.05, 0) is 102 Å². The van der Waals surface area contributed by atoms with Crippen molar-refractivity contribution < 1.29 is 28.7 Å². The molecule has 5 heterocycles. The molecule has 5 aliphatic heterocycles. The first-order valence-corrected chi connectivity index (χ1v) is 16.5. The molecule has 1 fully saturated rings. The van der Waals surface area contributed by atoms with E-state index in [0.717, 1.165) is 22.3 Å². The van der Waals surface area contributed by atoms with Crippen molar-refractivity contribution in [1.82, 2.24) is 0 Å². The Bertz CT molecular complexity index is 1550. The molecule has 6 nitrogen and oxygen atoms in total. The predicted octanol–water partition coefficient (Wildman–Crippen LogP) is 7.32. The van der Waals surface area contributed by atoms with Crippen LogP contribution in [0, 0.1) is 21.7 Å². The average molecular weight is 621 g/mol. The highest BCUT2D eigenvalue weighted by molar-refractivity contribution is 5.96. The van der Waals surface area contributed by atoms with E-state index < -0.39 is 44.1 Å². The Morgan fingerprint density at radius 3 is 0.783 bits per heavy atom. The fourth-order valence-corrected chi connectivity index (χ4v) is 9.18. The van der Waals surface area contributed by atoms with Crippen molar-refractivity contribution in [3.05, 3.63) is 95.1 Å². The standard InChI is InChI=1S/C40H44O6/c1-33(2)29(41)17-18-30(42)35(5,6)39-23-24-40(46-39,28-16-12-11-15-27(28)39)36(7,8)32(44)20-19-31(43)34(3,4)38-22-21-37(33,45-38)25-13-9-10-14-26(25)38/h9-16,21-24H,17-20H2,1-8H3. The van der Waals surface area contributed by atoms with Crippen molar-refractivity contribution in [3.8, 4) is 0 Å². The number of carbonyl (C=O) groups is 4. The van der Waals surface area contributed by atoms with Gasteiger partial charge in [-0.25, -0.2) is 0 Å². The second-order valence-corrected chi connectivity index (χ2v) is 16.1. The van der Waals surface area contributed by atoms with E-state index >= 15 is 0 Å². The number of benzene rings is 2. The van der Waals surface area contributed by atoms with E-state index in [2.05, 4.69) is 0 Å². The first-order valence-electron chi connectivity index (χ1n) is 16.5. The second kappa shape index (κ2) is 9.11. The summed E-state index contributed by atoms with van der Waals surface area (Å²) in [5.74, 6) is -0.362. The van der Waals surface area contributed by atoms with Crippen molar-refractivity contribution in [2.24, 2.45) is 21.7 Å². The minimum atomic E-state index is -1.11. The van der Waals surface area contributed by atoms with Crippen LogP contribution in [0.1, 0.15) is 103 Å². The van der Waals surface area contributed by atoms with Crippen molar-refractivity contribution in [2.75, 3.05) is 0 Å². The summed E-state index contributed by atoms with van der Waals surface area (Å²) in [6.07, 6.45) is 7.91. The Morgan fingerprint density at radius 2 is 0.587 bits per heavy atom. The Morgan fingerprint density at radius 1 is 0.391 bits per heavy atom. The van der Waals surface area contributed by atoms with Crippen LogP contribution in [0.15, 0.2) is 72.8 Å². The lowest BCUT2D eigenvalue weighted by molar-refractivity contribution is -0.187. The largest absolute Gasteiger partial charge is 0.349 e. The van der Waals surface area contributed by atoms with Gasteiger partial charge in [-0.2, -0.15) is 0 Å². The molecule has 0 spiro atoms. The predicted molar refractivity (Wildman–Crippen MR) is 174 cm³/mol. The van der Waals surface area contributed by atoms with Gasteiger partial charge in [0.05, 0.1) is 21.7 Å². The maximum Gasteiger partial charge on any atom is 0.142 e. The normalized spacial score (nSPS) is 36.3. The molecule has 0 aliphatic carbocycles. The molecule has 2 aromatic rings. The molecule has 240 valence electrons.